The van der Waals surface area contributed by atoms with Crippen molar-refractivity contribution in [2.75, 3.05) is 0 Å². The molecule has 0 amide bonds. The van der Waals surface area contributed by atoms with Gasteiger partial charge in [-0.25, -0.2) is 0 Å². The minimum atomic E-state index is -0.307. The molecule has 0 spiro atoms. The van der Waals surface area contributed by atoms with Crippen LogP contribution >= 0.6 is 0 Å². The number of nitrogens with one attached hydrogen (secondary N) is 1. The Balaban J connectivity index is 2.37. The van der Waals surface area contributed by atoms with Crippen molar-refractivity contribution in [1.29, 1.82) is 0 Å². The fourth-order valence-corrected chi connectivity index (χ4v) is 2.21. The van der Waals surface area contributed by atoms with E-state index < -0.39 is 0 Å². The van der Waals surface area contributed by atoms with Crippen molar-refractivity contribution in [3.05, 3.63) is 11.4 Å². The van der Waals surface area contributed by atoms with Gasteiger partial charge in [0.2, 0.25) is 0 Å². The quantitative estimate of drug-likeness (QED) is 0.832. The predicted molar refractivity (Wildman–Crippen MR) is 73.1 cm³/mol. The first kappa shape index (κ1) is 13.6. The zero-order chi connectivity index (χ0) is 13.6. The number of aromatic nitrogens is 2. The van der Waals surface area contributed by atoms with Gasteiger partial charge >= 0.3 is 7.12 Å². The van der Waals surface area contributed by atoms with Crippen molar-refractivity contribution in [2.24, 2.45) is 0 Å². The summed E-state index contributed by atoms with van der Waals surface area (Å²) in [5, 5.41) is 7.46. The molecule has 0 aromatic carbocycles. The fourth-order valence-electron chi connectivity index (χ4n) is 2.21. The summed E-state index contributed by atoms with van der Waals surface area (Å²) in [7, 11) is -0.307. The van der Waals surface area contributed by atoms with Crippen LogP contribution in [0, 0.1) is 0 Å². The second kappa shape index (κ2) is 4.39. The normalized spacial score (nSPS) is 21.6. The summed E-state index contributed by atoms with van der Waals surface area (Å²) < 4.78 is 12.2. The van der Waals surface area contributed by atoms with Crippen LogP contribution in [0.4, 0.5) is 0 Å². The molecule has 1 saturated heterocycles. The fraction of sp³-hybridized carbons (Fsp3) is 0.769. The first-order chi connectivity index (χ1) is 8.32. The van der Waals surface area contributed by atoms with E-state index in [1.54, 1.807) is 0 Å². The van der Waals surface area contributed by atoms with Gasteiger partial charge in [0.1, 0.15) is 0 Å². The Morgan fingerprint density at radius 3 is 2.06 bits per heavy atom. The van der Waals surface area contributed by atoms with Crippen molar-refractivity contribution in [2.45, 2.75) is 65.6 Å². The number of H-pyrrole nitrogens is 1. The van der Waals surface area contributed by atoms with Crippen molar-refractivity contribution in [1.82, 2.24) is 10.2 Å². The van der Waals surface area contributed by atoms with Gasteiger partial charge in [-0.1, -0.05) is 13.8 Å². The van der Waals surface area contributed by atoms with E-state index in [2.05, 4.69) is 51.7 Å². The molecule has 0 saturated carbocycles. The molecule has 100 valence electrons. The van der Waals surface area contributed by atoms with Crippen LogP contribution in [0.3, 0.4) is 0 Å². The Kier molecular flexibility index (Phi) is 3.32. The topological polar surface area (TPSA) is 47.1 Å². The van der Waals surface area contributed by atoms with Crippen LogP contribution in [0.15, 0.2) is 0 Å². The average Bonchev–Trinajstić information content (AvgIpc) is 2.77. The Hall–Kier alpha value is -0.805. The molecule has 1 fully saturated rings. The highest BCUT2D eigenvalue weighted by Crippen LogP contribution is 2.36. The maximum atomic E-state index is 6.11. The lowest BCUT2D eigenvalue weighted by molar-refractivity contribution is 0.00578. The molecule has 0 atom stereocenters. The van der Waals surface area contributed by atoms with E-state index in [1.165, 1.54) is 0 Å². The van der Waals surface area contributed by atoms with E-state index in [0.717, 1.165) is 29.7 Å². The first-order valence-corrected chi connectivity index (χ1v) is 6.74. The third-order valence-electron chi connectivity index (χ3n) is 4.14. The molecule has 18 heavy (non-hydrogen) atoms. The van der Waals surface area contributed by atoms with Gasteiger partial charge in [-0.3, -0.25) is 5.10 Å². The molecule has 1 N–H and O–H groups in total. The molecule has 0 bridgehead atoms. The number of hydrogen-bond acceptors (Lipinski definition) is 3. The molecule has 1 aliphatic heterocycles. The summed E-state index contributed by atoms with van der Waals surface area (Å²) in [4.78, 5) is 0. The monoisotopic (exact) mass is 250 g/mol. The molecule has 1 aliphatic rings. The van der Waals surface area contributed by atoms with Crippen LogP contribution in [0.2, 0.25) is 0 Å². The SMILES string of the molecule is CCc1n[nH]c(CC)c1B1OC(C)(C)C(C)(C)O1. The van der Waals surface area contributed by atoms with Gasteiger partial charge in [-0.2, -0.15) is 5.10 Å². The number of nitrogens with zero attached hydrogens (tertiary/aromatic N) is 1. The van der Waals surface area contributed by atoms with Crippen molar-refractivity contribution >= 4 is 12.6 Å². The molecule has 1 aromatic rings. The second-order valence-corrected chi connectivity index (χ2v) is 5.86. The highest BCUT2D eigenvalue weighted by Gasteiger charge is 2.53. The van der Waals surface area contributed by atoms with Crippen LogP contribution in [-0.4, -0.2) is 28.5 Å². The molecule has 0 radical (unpaired) electrons. The number of rotatable bonds is 3. The lowest BCUT2D eigenvalue weighted by Gasteiger charge is -2.32. The van der Waals surface area contributed by atoms with E-state index in [-0.39, 0.29) is 18.3 Å². The van der Waals surface area contributed by atoms with Crippen LogP contribution in [0.25, 0.3) is 0 Å². The molecule has 4 nitrogen and oxygen atoms in total. The molecule has 5 heteroatoms. The zero-order valence-corrected chi connectivity index (χ0v) is 12.3. The van der Waals surface area contributed by atoms with Crippen LogP contribution < -0.4 is 5.46 Å². The molecule has 2 heterocycles. The van der Waals surface area contributed by atoms with Crippen LogP contribution in [0.5, 0.6) is 0 Å². The van der Waals surface area contributed by atoms with Gasteiger partial charge in [0.15, 0.2) is 0 Å². The Morgan fingerprint density at radius 1 is 1.06 bits per heavy atom. The predicted octanol–water partition coefficient (Wildman–Crippen LogP) is 1.83. The number of aryl methyl sites for hydroxylation is 2. The van der Waals surface area contributed by atoms with E-state index in [0.29, 0.717) is 0 Å². The van der Waals surface area contributed by atoms with Gasteiger partial charge < -0.3 is 9.31 Å². The van der Waals surface area contributed by atoms with Gasteiger partial charge in [0.25, 0.3) is 0 Å². The minimum Gasteiger partial charge on any atom is -0.399 e. The average molecular weight is 250 g/mol. The smallest absolute Gasteiger partial charge is 0.399 e. The maximum Gasteiger partial charge on any atom is 0.498 e. The Morgan fingerprint density at radius 2 is 1.61 bits per heavy atom. The van der Waals surface area contributed by atoms with Gasteiger partial charge in [0, 0.05) is 11.2 Å². The van der Waals surface area contributed by atoms with Gasteiger partial charge in [0.05, 0.1) is 16.9 Å². The summed E-state index contributed by atoms with van der Waals surface area (Å²) in [6.07, 6.45) is 1.79. The molecular formula is C13H23BN2O2. The van der Waals surface area contributed by atoms with Crippen molar-refractivity contribution < 1.29 is 9.31 Å². The summed E-state index contributed by atoms with van der Waals surface area (Å²) in [6.45, 7) is 12.5. The van der Waals surface area contributed by atoms with Crippen molar-refractivity contribution in [3.63, 3.8) is 0 Å². The molecule has 2 rings (SSSR count). The largest absolute Gasteiger partial charge is 0.498 e. The van der Waals surface area contributed by atoms with Gasteiger partial charge in [-0.05, 0) is 40.5 Å². The number of hydrogen-bond donors (Lipinski definition) is 1. The van der Waals surface area contributed by atoms with E-state index in [1.807, 2.05) is 0 Å². The lowest BCUT2D eigenvalue weighted by Crippen LogP contribution is -2.41. The minimum absolute atomic E-state index is 0.301. The zero-order valence-electron chi connectivity index (χ0n) is 12.3. The highest BCUT2D eigenvalue weighted by atomic mass is 16.7. The Bertz CT molecular complexity index is 403. The third-order valence-corrected chi connectivity index (χ3v) is 4.14. The highest BCUT2D eigenvalue weighted by molar-refractivity contribution is 6.63. The summed E-state index contributed by atoms with van der Waals surface area (Å²) in [6, 6.07) is 0. The van der Waals surface area contributed by atoms with Crippen LogP contribution in [0.1, 0.15) is 52.9 Å². The van der Waals surface area contributed by atoms with E-state index in [9.17, 15) is 0 Å². The summed E-state index contributed by atoms with van der Waals surface area (Å²) in [5.74, 6) is 0. The Labute approximate surface area is 110 Å². The second-order valence-electron chi connectivity index (χ2n) is 5.86. The first-order valence-electron chi connectivity index (χ1n) is 6.74. The number of aromatic amines is 1. The summed E-state index contributed by atoms with van der Waals surface area (Å²) >= 11 is 0. The van der Waals surface area contributed by atoms with Gasteiger partial charge in [-0.15, -0.1) is 0 Å². The van der Waals surface area contributed by atoms with Crippen molar-refractivity contribution in [3.8, 4) is 0 Å². The third kappa shape index (κ3) is 1.99. The van der Waals surface area contributed by atoms with E-state index in [4.69, 9.17) is 9.31 Å². The maximum absolute atomic E-state index is 6.11. The lowest BCUT2D eigenvalue weighted by atomic mass is 9.76. The molecule has 1 aromatic heterocycles. The molecule has 0 unspecified atom stereocenters. The van der Waals surface area contributed by atoms with Crippen LogP contribution in [-0.2, 0) is 22.2 Å². The van der Waals surface area contributed by atoms with E-state index >= 15 is 0 Å². The molecule has 0 aliphatic carbocycles. The molecular weight excluding hydrogens is 227 g/mol. The summed E-state index contributed by atoms with van der Waals surface area (Å²) in [5.41, 5.74) is 2.66. The standard InChI is InChI=1S/C13H23BN2O2/c1-7-9-11(10(8-2)16-15-9)14-17-12(3,4)13(5,6)18-14/h7-8H2,1-6H3,(H,15,16).